The molecular weight excluding hydrogens is 336 g/mol. The van der Waals surface area contributed by atoms with Gasteiger partial charge < -0.3 is 19.6 Å². The van der Waals surface area contributed by atoms with Crippen LogP contribution in [0.15, 0.2) is 24.3 Å². The third-order valence-electron chi connectivity index (χ3n) is 4.34. The molecule has 3 rings (SSSR count). The van der Waals surface area contributed by atoms with E-state index >= 15 is 0 Å². The molecule has 2 aliphatic rings. The molecule has 0 bridgehead atoms. The summed E-state index contributed by atoms with van der Waals surface area (Å²) >= 11 is 5.85. The van der Waals surface area contributed by atoms with Crippen LogP contribution < -0.4 is 4.90 Å². The van der Waals surface area contributed by atoms with Crippen LogP contribution in [-0.4, -0.2) is 60.1 Å². The standard InChI is InChI=1S/C16H17ClN2O5/c17-10-1-3-11(4-2-10)18-6-5-12(14(18)20)15(21)19-7-8-24-9-13(19)16(22)23/h1-4,12-13H,5-9H2,(H,22,23)/t12-,13+/m1/s1. The number of hydrogen-bond donors (Lipinski definition) is 1. The van der Waals surface area contributed by atoms with E-state index in [4.69, 9.17) is 16.3 Å². The van der Waals surface area contributed by atoms with Gasteiger partial charge in [-0.1, -0.05) is 11.6 Å². The summed E-state index contributed by atoms with van der Waals surface area (Å²) in [5.41, 5.74) is 0.677. The van der Waals surface area contributed by atoms with Gasteiger partial charge >= 0.3 is 5.97 Å². The molecule has 0 radical (unpaired) electrons. The van der Waals surface area contributed by atoms with E-state index in [1.165, 1.54) is 9.80 Å². The summed E-state index contributed by atoms with van der Waals surface area (Å²) in [6, 6.07) is 5.77. The first kappa shape index (κ1) is 16.7. The molecular formula is C16H17ClN2O5. The van der Waals surface area contributed by atoms with Gasteiger partial charge in [-0.2, -0.15) is 0 Å². The molecule has 0 spiro atoms. The van der Waals surface area contributed by atoms with Crippen molar-refractivity contribution in [2.75, 3.05) is 31.2 Å². The van der Waals surface area contributed by atoms with Gasteiger partial charge in [0.2, 0.25) is 11.8 Å². The number of aliphatic carboxylic acids is 1. The lowest BCUT2D eigenvalue weighted by molar-refractivity contribution is -0.161. The molecule has 2 fully saturated rings. The zero-order valence-corrected chi connectivity index (χ0v) is 13.6. The van der Waals surface area contributed by atoms with Crippen molar-refractivity contribution in [3.63, 3.8) is 0 Å². The smallest absolute Gasteiger partial charge is 0.328 e. The van der Waals surface area contributed by atoms with Crippen molar-refractivity contribution in [2.24, 2.45) is 5.92 Å². The van der Waals surface area contributed by atoms with Crippen molar-refractivity contribution in [3.05, 3.63) is 29.3 Å². The number of benzene rings is 1. The van der Waals surface area contributed by atoms with Crippen LogP contribution >= 0.6 is 11.6 Å². The minimum Gasteiger partial charge on any atom is -0.480 e. The molecule has 2 amide bonds. The average Bonchev–Trinajstić information content (AvgIpc) is 2.96. The van der Waals surface area contributed by atoms with E-state index in [1.807, 2.05) is 0 Å². The maximum absolute atomic E-state index is 12.7. The fourth-order valence-corrected chi connectivity index (χ4v) is 3.18. The van der Waals surface area contributed by atoms with Crippen LogP contribution in [0.5, 0.6) is 0 Å². The summed E-state index contributed by atoms with van der Waals surface area (Å²) in [4.78, 5) is 39.4. The minimum atomic E-state index is -1.12. The maximum Gasteiger partial charge on any atom is 0.328 e. The lowest BCUT2D eigenvalue weighted by Gasteiger charge is -2.34. The molecule has 1 aromatic carbocycles. The summed E-state index contributed by atoms with van der Waals surface area (Å²) in [5, 5.41) is 9.81. The SMILES string of the molecule is O=C(O)[C@@H]1COCCN1C(=O)[C@@H]1CCN(c2ccc(Cl)cc2)C1=O. The third-order valence-corrected chi connectivity index (χ3v) is 4.59. The second-order valence-corrected chi connectivity index (χ2v) is 6.20. The molecule has 0 saturated carbocycles. The number of carboxylic acid groups (broad SMARTS) is 1. The van der Waals surface area contributed by atoms with Gasteiger partial charge in [0.15, 0.2) is 6.04 Å². The van der Waals surface area contributed by atoms with Crippen LogP contribution in [0.1, 0.15) is 6.42 Å². The van der Waals surface area contributed by atoms with Crippen molar-refractivity contribution in [1.29, 1.82) is 0 Å². The number of carboxylic acids is 1. The highest BCUT2D eigenvalue weighted by molar-refractivity contribution is 6.30. The van der Waals surface area contributed by atoms with Crippen LogP contribution in [0.2, 0.25) is 5.02 Å². The Balaban J connectivity index is 1.75. The van der Waals surface area contributed by atoms with Gasteiger partial charge in [-0.3, -0.25) is 9.59 Å². The number of anilines is 1. The number of nitrogens with zero attached hydrogens (tertiary/aromatic N) is 2. The van der Waals surface area contributed by atoms with Gasteiger partial charge in [-0.05, 0) is 30.7 Å². The van der Waals surface area contributed by atoms with Gasteiger partial charge in [0.25, 0.3) is 0 Å². The summed E-state index contributed by atoms with van der Waals surface area (Å²) in [6.07, 6.45) is 0.365. The van der Waals surface area contributed by atoms with Crippen molar-refractivity contribution in [1.82, 2.24) is 4.90 Å². The third kappa shape index (κ3) is 3.09. The van der Waals surface area contributed by atoms with Crippen molar-refractivity contribution < 1.29 is 24.2 Å². The predicted molar refractivity (Wildman–Crippen MR) is 85.9 cm³/mol. The van der Waals surface area contributed by atoms with Gasteiger partial charge in [0, 0.05) is 23.8 Å². The summed E-state index contributed by atoms with van der Waals surface area (Å²) in [7, 11) is 0. The highest BCUT2D eigenvalue weighted by Gasteiger charge is 2.43. The zero-order valence-electron chi connectivity index (χ0n) is 12.9. The van der Waals surface area contributed by atoms with E-state index in [1.54, 1.807) is 24.3 Å². The first-order valence-corrected chi connectivity index (χ1v) is 8.05. The Bertz CT molecular complexity index is 663. The predicted octanol–water partition coefficient (Wildman–Crippen LogP) is 1.00. The molecule has 2 aliphatic heterocycles. The average molecular weight is 353 g/mol. The quantitative estimate of drug-likeness (QED) is 0.820. The van der Waals surface area contributed by atoms with E-state index in [9.17, 15) is 19.5 Å². The topological polar surface area (TPSA) is 87.2 Å². The van der Waals surface area contributed by atoms with Crippen molar-refractivity contribution in [2.45, 2.75) is 12.5 Å². The number of carbonyl (C=O) groups is 3. The number of halogens is 1. The van der Waals surface area contributed by atoms with Crippen LogP contribution in [0, 0.1) is 5.92 Å². The zero-order chi connectivity index (χ0) is 17.3. The van der Waals surface area contributed by atoms with Crippen molar-refractivity contribution >= 4 is 35.1 Å². The summed E-state index contributed by atoms with van der Waals surface area (Å²) in [5.74, 6) is -2.71. The molecule has 7 nitrogen and oxygen atoms in total. The summed E-state index contributed by atoms with van der Waals surface area (Å²) in [6.45, 7) is 0.819. The molecule has 1 aromatic rings. The fourth-order valence-electron chi connectivity index (χ4n) is 3.06. The van der Waals surface area contributed by atoms with Gasteiger partial charge in [0.1, 0.15) is 5.92 Å². The Hall–Kier alpha value is -2.12. The van der Waals surface area contributed by atoms with Crippen LogP contribution in [-0.2, 0) is 19.1 Å². The Morgan fingerprint density at radius 2 is 1.92 bits per heavy atom. The fraction of sp³-hybridized carbons (Fsp3) is 0.438. The molecule has 8 heteroatoms. The monoisotopic (exact) mass is 352 g/mol. The Kier molecular flexibility index (Phi) is 4.73. The molecule has 2 saturated heterocycles. The minimum absolute atomic E-state index is 0.0527. The molecule has 2 atom stereocenters. The molecule has 128 valence electrons. The first-order valence-electron chi connectivity index (χ1n) is 7.67. The largest absolute Gasteiger partial charge is 0.480 e. The van der Waals surface area contributed by atoms with E-state index in [-0.39, 0.29) is 25.7 Å². The van der Waals surface area contributed by atoms with Gasteiger partial charge in [-0.15, -0.1) is 0 Å². The molecule has 2 heterocycles. The number of ether oxygens (including phenoxy) is 1. The second-order valence-electron chi connectivity index (χ2n) is 5.77. The van der Waals surface area contributed by atoms with Gasteiger partial charge in [-0.25, -0.2) is 4.79 Å². The number of morpholine rings is 1. The normalized spacial score (nSPS) is 24.3. The van der Waals surface area contributed by atoms with Gasteiger partial charge in [0.05, 0.1) is 13.2 Å². The number of amides is 2. The molecule has 0 aliphatic carbocycles. The van der Waals surface area contributed by atoms with E-state index in [0.717, 1.165) is 0 Å². The van der Waals surface area contributed by atoms with Crippen molar-refractivity contribution in [3.8, 4) is 0 Å². The highest BCUT2D eigenvalue weighted by Crippen LogP contribution is 2.28. The van der Waals surface area contributed by atoms with E-state index in [2.05, 4.69) is 0 Å². The maximum atomic E-state index is 12.7. The lowest BCUT2D eigenvalue weighted by atomic mass is 10.0. The Morgan fingerprint density at radius 1 is 1.21 bits per heavy atom. The second kappa shape index (κ2) is 6.78. The highest BCUT2D eigenvalue weighted by atomic mass is 35.5. The molecule has 0 aromatic heterocycles. The lowest BCUT2D eigenvalue weighted by Crippen LogP contribution is -2.55. The number of rotatable bonds is 3. The molecule has 24 heavy (non-hydrogen) atoms. The van der Waals surface area contributed by atoms with Crippen LogP contribution in [0.3, 0.4) is 0 Å². The van der Waals surface area contributed by atoms with E-state index < -0.39 is 23.8 Å². The number of carbonyl (C=O) groups excluding carboxylic acids is 2. The Morgan fingerprint density at radius 3 is 2.58 bits per heavy atom. The Labute approximate surface area is 143 Å². The van der Waals surface area contributed by atoms with E-state index in [0.29, 0.717) is 23.7 Å². The summed E-state index contributed by atoms with van der Waals surface area (Å²) < 4.78 is 5.13. The van der Waals surface area contributed by atoms with Crippen LogP contribution in [0.25, 0.3) is 0 Å². The molecule has 0 unspecified atom stereocenters. The number of hydrogen-bond acceptors (Lipinski definition) is 4. The molecule has 1 N–H and O–H groups in total. The first-order chi connectivity index (χ1) is 11.5. The van der Waals surface area contributed by atoms with Crippen LogP contribution in [0.4, 0.5) is 5.69 Å².